The first-order chi connectivity index (χ1) is 8.15. The topological polar surface area (TPSA) is 51.8 Å². The third kappa shape index (κ3) is 1.80. The van der Waals surface area contributed by atoms with Crippen LogP contribution in [-0.4, -0.2) is 9.97 Å². The number of nitrogen functional groups attached to an aromatic ring is 1. The molecule has 0 saturated heterocycles. The summed E-state index contributed by atoms with van der Waals surface area (Å²) >= 11 is 1.81. The molecule has 17 heavy (non-hydrogen) atoms. The zero-order chi connectivity index (χ0) is 12.0. The Morgan fingerprint density at radius 1 is 1.29 bits per heavy atom. The largest absolute Gasteiger partial charge is 0.383 e. The van der Waals surface area contributed by atoms with Crippen molar-refractivity contribution in [2.45, 2.75) is 39.5 Å². The van der Waals surface area contributed by atoms with E-state index in [1.165, 1.54) is 23.3 Å². The Labute approximate surface area is 105 Å². The second kappa shape index (κ2) is 3.95. The molecule has 2 aromatic heterocycles. The van der Waals surface area contributed by atoms with Crippen molar-refractivity contribution in [3.8, 4) is 0 Å². The van der Waals surface area contributed by atoms with Gasteiger partial charge in [-0.05, 0) is 30.7 Å². The molecule has 0 radical (unpaired) electrons. The second-order valence-electron chi connectivity index (χ2n) is 5.16. The molecule has 3 nitrogen and oxygen atoms in total. The number of aryl methyl sites for hydroxylation is 2. The molecule has 2 N–H and O–H groups in total. The molecule has 0 atom stereocenters. The van der Waals surface area contributed by atoms with Crippen molar-refractivity contribution in [2.24, 2.45) is 5.92 Å². The molecule has 2 aromatic rings. The molecule has 90 valence electrons. The van der Waals surface area contributed by atoms with Gasteiger partial charge in [0.2, 0.25) is 0 Å². The predicted molar refractivity (Wildman–Crippen MR) is 72.4 cm³/mol. The molecule has 0 bridgehead atoms. The predicted octanol–water partition coefficient (Wildman–Crippen LogP) is 2.96. The van der Waals surface area contributed by atoms with Gasteiger partial charge in [-0.25, -0.2) is 9.97 Å². The average Bonchev–Trinajstić information content (AvgIpc) is 2.74. The third-order valence-corrected chi connectivity index (χ3v) is 4.42. The summed E-state index contributed by atoms with van der Waals surface area (Å²) < 4.78 is 0. The van der Waals surface area contributed by atoms with Gasteiger partial charge >= 0.3 is 0 Å². The molecule has 2 heterocycles. The Morgan fingerprint density at radius 2 is 2.12 bits per heavy atom. The van der Waals surface area contributed by atoms with Crippen LogP contribution in [-0.2, 0) is 19.3 Å². The van der Waals surface area contributed by atoms with Gasteiger partial charge in [0.05, 0.1) is 5.39 Å². The summed E-state index contributed by atoms with van der Waals surface area (Å²) in [6, 6.07) is 0. The van der Waals surface area contributed by atoms with E-state index in [1.54, 1.807) is 0 Å². The van der Waals surface area contributed by atoms with Gasteiger partial charge in [-0.15, -0.1) is 11.3 Å². The summed E-state index contributed by atoms with van der Waals surface area (Å²) in [5, 5.41) is 1.13. The van der Waals surface area contributed by atoms with E-state index >= 15 is 0 Å². The molecule has 0 fully saturated rings. The molecule has 0 spiro atoms. The average molecular weight is 247 g/mol. The maximum absolute atomic E-state index is 6.11. The van der Waals surface area contributed by atoms with Gasteiger partial charge in [-0.2, -0.15) is 0 Å². The van der Waals surface area contributed by atoms with Gasteiger partial charge in [0.15, 0.2) is 0 Å². The number of anilines is 1. The van der Waals surface area contributed by atoms with E-state index in [2.05, 4.69) is 23.8 Å². The number of fused-ring (bicyclic) bond motifs is 3. The van der Waals surface area contributed by atoms with Crippen LogP contribution in [0.15, 0.2) is 0 Å². The van der Waals surface area contributed by atoms with Crippen LogP contribution in [0.25, 0.3) is 10.2 Å². The number of rotatable bonds is 2. The van der Waals surface area contributed by atoms with Crippen molar-refractivity contribution in [1.29, 1.82) is 0 Å². The number of hydrogen-bond acceptors (Lipinski definition) is 4. The minimum Gasteiger partial charge on any atom is -0.383 e. The molecule has 0 aliphatic heterocycles. The lowest BCUT2D eigenvalue weighted by atomic mass is 10.1. The van der Waals surface area contributed by atoms with Gasteiger partial charge in [0.1, 0.15) is 16.5 Å². The Balaban J connectivity index is 2.15. The summed E-state index contributed by atoms with van der Waals surface area (Å²) in [6.07, 6.45) is 4.49. The quantitative estimate of drug-likeness (QED) is 0.887. The van der Waals surface area contributed by atoms with Crippen LogP contribution < -0.4 is 5.73 Å². The van der Waals surface area contributed by atoms with Crippen molar-refractivity contribution in [2.75, 3.05) is 5.73 Å². The normalized spacial score (nSPS) is 14.8. The minimum atomic E-state index is 0.568. The zero-order valence-corrected chi connectivity index (χ0v) is 11.1. The van der Waals surface area contributed by atoms with E-state index in [0.29, 0.717) is 11.7 Å². The number of nitrogens with zero attached hydrogens (tertiary/aromatic N) is 2. The Hall–Kier alpha value is -1.16. The number of aromatic nitrogens is 2. The molecule has 0 aromatic carbocycles. The monoisotopic (exact) mass is 247 g/mol. The number of nitrogens with two attached hydrogens (primary N) is 1. The van der Waals surface area contributed by atoms with Crippen LogP contribution in [0.4, 0.5) is 5.82 Å². The summed E-state index contributed by atoms with van der Waals surface area (Å²) in [7, 11) is 0. The summed E-state index contributed by atoms with van der Waals surface area (Å²) in [6.45, 7) is 4.36. The van der Waals surface area contributed by atoms with Gasteiger partial charge in [-0.3, -0.25) is 0 Å². The van der Waals surface area contributed by atoms with Crippen LogP contribution in [0.1, 0.15) is 36.5 Å². The van der Waals surface area contributed by atoms with E-state index in [1.807, 2.05) is 11.3 Å². The molecule has 0 unspecified atom stereocenters. The highest BCUT2D eigenvalue weighted by atomic mass is 32.1. The summed E-state index contributed by atoms with van der Waals surface area (Å²) in [5.41, 5.74) is 7.52. The van der Waals surface area contributed by atoms with Crippen LogP contribution in [0.5, 0.6) is 0 Å². The van der Waals surface area contributed by atoms with Gasteiger partial charge in [0, 0.05) is 11.3 Å². The van der Waals surface area contributed by atoms with Crippen LogP contribution in [0, 0.1) is 5.92 Å². The first kappa shape index (κ1) is 11.0. The van der Waals surface area contributed by atoms with E-state index in [4.69, 9.17) is 5.73 Å². The zero-order valence-electron chi connectivity index (χ0n) is 10.3. The van der Waals surface area contributed by atoms with Crippen LogP contribution in [0.3, 0.4) is 0 Å². The van der Waals surface area contributed by atoms with E-state index in [-0.39, 0.29) is 0 Å². The fourth-order valence-corrected chi connectivity index (χ4v) is 3.81. The van der Waals surface area contributed by atoms with E-state index in [9.17, 15) is 0 Å². The summed E-state index contributed by atoms with van der Waals surface area (Å²) in [5.74, 6) is 2.15. The van der Waals surface area contributed by atoms with Gasteiger partial charge in [0.25, 0.3) is 0 Å². The van der Waals surface area contributed by atoms with E-state index < -0.39 is 0 Å². The maximum Gasteiger partial charge on any atom is 0.136 e. The maximum atomic E-state index is 6.11. The molecule has 0 amide bonds. The first-order valence-electron chi connectivity index (χ1n) is 6.21. The highest BCUT2D eigenvalue weighted by Crippen LogP contribution is 2.38. The third-order valence-electron chi connectivity index (χ3n) is 3.23. The van der Waals surface area contributed by atoms with Crippen molar-refractivity contribution in [3.05, 3.63) is 16.3 Å². The molecule has 1 aliphatic rings. The van der Waals surface area contributed by atoms with Crippen molar-refractivity contribution < 1.29 is 0 Å². The minimum absolute atomic E-state index is 0.568. The Morgan fingerprint density at radius 3 is 2.88 bits per heavy atom. The first-order valence-corrected chi connectivity index (χ1v) is 7.03. The lowest BCUT2D eigenvalue weighted by Crippen LogP contribution is -2.04. The fraction of sp³-hybridized carbons (Fsp3) is 0.538. The van der Waals surface area contributed by atoms with Crippen molar-refractivity contribution >= 4 is 27.4 Å². The lowest BCUT2D eigenvalue weighted by Gasteiger charge is -2.05. The Bertz CT molecular complexity index is 572. The standard InChI is InChI=1S/C13H17N3S/c1-7(2)6-10-15-12(14)11-8-4-3-5-9(8)17-13(11)16-10/h7H,3-6H2,1-2H3,(H2,14,15,16). The summed E-state index contributed by atoms with van der Waals surface area (Å²) in [4.78, 5) is 11.7. The SMILES string of the molecule is CC(C)Cc1nc(N)c2c3c(sc2n1)CCC3. The molecular weight excluding hydrogens is 230 g/mol. The number of thiophene rings is 1. The van der Waals surface area contributed by atoms with Crippen molar-refractivity contribution in [1.82, 2.24) is 9.97 Å². The highest BCUT2D eigenvalue weighted by Gasteiger charge is 2.21. The van der Waals surface area contributed by atoms with E-state index in [0.717, 1.165) is 28.9 Å². The van der Waals surface area contributed by atoms with Crippen LogP contribution in [0.2, 0.25) is 0 Å². The molecule has 4 heteroatoms. The smallest absolute Gasteiger partial charge is 0.136 e. The fourth-order valence-electron chi connectivity index (χ4n) is 2.53. The molecule has 3 rings (SSSR count). The van der Waals surface area contributed by atoms with Crippen molar-refractivity contribution in [3.63, 3.8) is 0 Å². The molecule has 1 aliphatic carbocycles. The highest BCUT2D eigenvalue weighted by molar-refractivity contribution is 7.19. The van der Waals surface area contributed by atoms with Gasteiger partial charge in [-0.1, -0.05) is 13.8 Å². The second-order valence-corrected chi connectivity index (χ2v) is 6.24. The van der Waals surface area contributed by atoms with Gasteiger partial charge < -0.3 is 5.73 Å². The van der Waals surface area contributed by atoms with Crippen LogP contribution >= 0.6 is 11.3 Å². The number of hydrogen-bond donors (Lipinski definition) is 1. The Kier molecular flexibility index (Phi) is 2.54. The molecule has 0 saturated carbocycles. The molecular formula is C13H17N3S. The lowest BCUT2D eigenvalue weighted by molar-refractivity contribution is 0.624.